The van der Waals surface area contributed by atoms with Crippen LogP contribution in [0.2, 0.25) is 0 Å². The van der Waals surface area contributed by atoms with Gasteiger partial charge in [-0.3, -0.25) is 4.79 Å². The summed E-state index contributed by atoms with van der Waals surface area (Å²) in [7, 11) is 1.39. The fraction of sp³-hybridized carbons (Fsp3) is 0.263. The first-order chi connectivity index (χ1) is 13.4. The smallest absolute Gasteiger partial charge is 0.230 e. The second-order valence-corrected chi connectivity index (χ2v) is 8.20. The third kappa shape index (κ3) is 4.26. The van der Waals surface area contributed by atoms with E-state index in [2.05, 4.69) is 15.3 Å². The molecule has 0 aliphatic rings. The van der Waals surface area contributed by atoms with Crippen LogP contribution in [0.4, 0.5) is 0 Å². The molecule has 28 heavy (non-hydrogen) atoms. The number of aryl methyl sites for hydroxylation is 2. The van der Waals surface area contributed by atoms with Crippen molar-refractivity contribution in [2.24, 2.45) is 0 Å². The second-order valence-electron chi connectivity index (χ2n) is 6.03. The Morgan fingerprint density at radius 3 is 2.79 bits per heavy atom. The van der Waals surface area contributed by atoms with Crippen LogP contribution in [0.15, 0.2) is 29.6 Å². The number of benzene rings is 1. The number of hydrogen-bond donors (Lipinski definition) is 1. The van der Waals surface area contributed by atoms with Gasteiger partial charge < -0.3 is 20.0 Å². The maximum absolute atomic E-state index is 12.2. The number of methoxy groups -OCH3 is 1. The van der Waals surface area contributed by atoms with E-state index < -0.39 is 5.97 Å². The predicted octanol–water partition coefficient (Wildman–Crippen LogP) is 2.09. The van der Waals surface area contributed by atoms with Crippen molar-refractivity contribution in [2.75, 3.05) is 12.9 Å². The van der Waals surface area contributed by atoms with Crippen LogP contribution in [-0.4, -0.2) is 34.7 Å². The average Bonchev–Trinajstić information content (AvgIpc) is 2.98. The lowest BCUT2D eigenvalue weighted by molar-refractivity contribution is -0.255. The molecule has 0 atom stereocenters. The minimum atomic E-state index is -1.32. The van der Waals surface area contributed by atoms with Gasteiger partial charge in [0.05, 0.1) is 18.8 Å². The molecular formula is C19H18N3O4S2-. The summed E-state index contributed by atoms with van der Waals surface area (Å²) in [5.74, 6) is -1.08. The molecule has 0 unspecified atom stereocenters. The number of fused-ring (bicyclic) bond motifs is 1. The van der Waals surface area contributed by atoms with E-state index in [1.165, 1.54) is 36.1 Å². The summed E-state index contributed by atoms with van der Waals surface area (Å²) >= 11 is 2.97. The minimum Gasteiger partial charge on any atom is -0.545 e. The standard InChI is InChI=1S/C19H19N3O4S2/c1-10-11(2)28-18-16(10)17(21-9-22-18)27-8-15(23)20-7-12-4-5-14(26-3)13(6-12)19(24)25/h4-6,9H,7-8H2,1-3H3,(H,20,23)(H,24,25)/p-1. The van der Waals surface area contributed by atoms with E-state index in [9.17, 15) is 14.7 Å². The summed E-state index contributed by atoms with van der Waals surface area (Å²) in [6, 6.07) is 4.68. The third-order valence-corrected chi connectivity index (χ3v) is 6.35. The van der Waals surface area contributed by atoms with Gasteiger partial charge >= 0.3 is 0 Å². The normalized spacial score (nSPS) is 10.8. The molecule has 0 aliphatic carbocycles. The molecule has 1 aromatic carbocycles. The van der Waals surface area contributed by atoms with Crippen LogP contribution in [0, 0.1) is 13.8 Å². The summed E-state index contributed by atoms with van der Waals surface area (Å²) < 4.78 is 5.00. The second kappa shape index (κ2) is 8.57. The fourth-order valence-corrected chi connectivity index (χ4v) is 4.62. The minimum absolute atomic E-state index is 0.0460. The van der Waals surface area contributed by atoms with Crippen LogP contribution in [0.5, 0.6) is 5.75 Å². The van der Waals surface area contributed by atoms with E-state index in [1.54, 1.807) is 23.5 Å². The third-order valence-electron chi connectivity index (χ3n) is 4.24. The van der Waals surface area contributed by atoms with E-state index in [1.807, 2.05) is 13.8 Å². The number of hydrogen-bond acceptors (Lipinski definition) is 8. The Kier molecular flexibility index (Phi) is 6.15. The lowest BCUT2D eigenvalue weighted by atomic mass is 10.1. The van der Waals surface area contributed by atoms with E-state index in [0.29, 0.717) is 5.56 Å². The zero-order valence-corrected chi connectivity index (χ0v) is 17.2. The molecule has 3 rings (SSSR count). The lowest BCUT2D eigenvalue weighted by Crippen LogP contribution is -2.26. The Morgan fingerprint density at radius 2 is 2.07 bits per heavy atom. The van der Waals surface area contributed by atoms with Crippen molar-refractivity contribution in [2.45, 2.75) is 25.4 Å². The van der Waals surface area contributed by atoms with Crippen molar-refractivity contribution in [1.29, 1.82) is 0 Å². The number of carbonyl (C=O) groups excluding carboxylic acids is 2. The number of carbonyl (C=O) groups is 2. The molecule has 7 nitrogen and oxygen atoms in total. The predicted molar refractivity (Wildman–Crippen MR) is 107 cm³/mol. The van der Waals surface area contributed by atoms with Gasteiger partial charge in [-0.15, -0.1) is 11.3 Å². The van der Waals surface area contributed by atoms with Crippen LogP contribution < -0.4 is 15.2 Å². The molecule has 0 spiro atoms. The van der Waals surface area contributed by atoms with Crippen molar-refractivity contribution in [3.63, 3.8) is 0 Å². The van der Waals surface area contributed by atoms with E-state index in [-0.39, 0.29) is 29.5 Å². The molecule has 0 fully saturated rings. The molecule has 1 amide bonds. The van der Waals surface area contributed by atoms with Gasteiger partial charge in [0.1, 0.15) is 21.9 Å². The molecule has 0 saturated heterocycles. The van der Waals surface area contributed by atoms with Crippen molar-refractivity contribution >= 4 is 45.2 Å². The number of ether oxygens (including phenoxy) is 1. The summed E-state index contributed by atoms with van der Waals surface area (Å²) in [5, 5.41) is 15.7. The Hall–Kier alpha value is -2.65. The highest BCUT2D eigenvalue weighted by molar-refractivity contribution is 8.00. The number of thioether (sulfide) groups is 1. The summed E-state index contributed by atoms with van der Waals surface area (Å²) in [6.45, 7) is 4.28. The van der Waals surface area contributed by atoms with Gasteiger partial charge in [-0.25, -0.2) is 9.97 Å². The number of aromatic nitrogens is 2. The van der Waals surface area contributed by atoms with Crippen LogP contribution >= 0.6 is 23.1 Å². The average molecular weight is 417 g/mol. The number of amides is 1. The number of carboxylic acid groups (broad SMARTS) is 1. The molecule has 0 radical (unpaired) electrons. The highest BCUT2D eigenvalue weighted by Crippen LogP contribution is 2.34. The molecule has 1 N–H and O–H groups in total. The van der Waals surface area contributed by atoms with Crippen molar-refractivity contribution < 1.29 is 19.4 Å². The molecular weight excluding hydrogens is 398 g/mol. The summed E-state index contributed by atoms with van der Waals surface area (Å²) in [6.07, 6.45) is 1.51. The molecule has 146 valence electrons. The molecule has 0 bridgehead atoms. The molecule has 0 aliphatic heterocycles. The summed E-state index contributed by atoms with van der Waals surface area (Å²) in [5.41, 5.74) is 1.74. The summed E-state index contributed by atoms with van der Waals surface area (Å²) in [4.78, 5) is 34.1. The first-order valence-electron chi connectivity index (χ1n) is 8.39. The zero-order chi connectivity index (χ0) is 20.3. The van der Waals surface area contributed by atoms with Crippen LogP contribution in [-0.2, 0) is 11.3 Å². The first kappa shape index (κ1) is 20.1. The molecule has 9 heteroatoms. The number of nitrogens with zero attached hydrogens (tertiary/aromatic N) is 2. The van der Waals surface area contributed by atoms with E-state index in [0.717, 1.165) is 20.8 Å². The first-order valence-corrected chi connectivity index (χ1v) is 10.2. The Bertz CT molecular complexity index is 1050. The molecule has 0 saturated carbocycles. The van der Waals surface area contributed by atoms with E-state index in [4.69, 9.17) is 4.74 Å². The van der Waals surface area contributed by atoms with Crippen molar-refractivity contribution in [1.82, 2.24) is 15.3 Å². The number of nitrogens with one attached hydrogen (secondary N) is 1. The van der Waals surface area contributed by atoms with Crippen molar-refractivity contribution in [3.8, 4) is 5.75 Å². The topological polar surface area (TPSA) is 104 Å². The van der Waals surface area contributed by atoms with E-state index >= 15 is 0 Å². The SMILES string of the molecule is COc1ccc(CNC(=O)CSc2ncnc3sc(C)c(C)c23)cc1C(=O)[O-]. The monoisotopic (exact) mass is 416 g/mol. The largest absolute Gasteiger partial charge is 0.545 e. The van der Waals surface area contributed by atoms with Crippen LogP contribution in [0.25, 0.3) is 10.2 Å². The van der Waals surface area contributed by atoms with Gasteiger partial charge in [0.2, 0.25) is 5.91 Å². The number of thiophene rings is 1. The molecule has 2 aromatic heterocycles. The maximum Gasteiger partial charge on any atom is 0.230 e. The fourth-order valence-electron chi connectivity index (χ4n) is 2.67. The van der Waals surface area contributed by atoms with Gasteiger partial charge in [-0.05, 0) is 37.1 Å². The number of aromatic carboxylic acids is 1. The molecule has 2 heterocycles. The maximum atomic E-state index is 12.2. The van der Waals surface area contributed by atoms with Gasteiger partial charge in [-0.2, -0.15) is 0 Å². The number of rotatable bonds is 7. The number of carboxylic acids is 1. The van der Waals surface area contributed by atoms with Crippen LogP contribution in [0.1, 0.15) is 26.4 Å². The Morgan fingerprint density at radius 1 is 1.29 bits per heavy atom. The highest BCUT2D eigenvalue weighted by Gasteiger charge is 2.14. The lowest BCUT2D eigenvalue weighted by Gasteiger charge is -2.12. The Balaban J connectivity index is 1.63. The van der Waals surface area contributed by atoms with Crippen molar-refractivity contribution in [3.05, 3.63) is 46.1 Å². The van der Waals surface area contributed by atoms with Gasteiger partial charge in [0.15, 0.2) is 0 Å². The highest BCUT2D eigenvalue weighted by atomic mass is 32.2. The van der Waals surface area contributed by atoms with Crippen LogP contribution in [0.3, 0.4) is 0 Å². The molecule has 3 aromatic rings. The van der Waals surface area contributed by atoms with Gasteiger partial charge in [0, 0.05) is 22.4 Å². The van der Waals surface area contributed by atoms with Gasteiger partial charge in [-0.1, -0.05) is 17.8 Å². The van der Waals surface area contributed by atoms with Gasteiger partial charge in [0.25, 0.3) is 0 Å². The Labute approximate surface area is 170 Å². The zero-order valence-electron chi connectivity index (χ0n) is 15.6. The quantitative estimate of drug-likeness (QED) is 0.464.